The molecule has 2 heterocycles. The molecule has 0 bridgehead atoms. The predicted molar refractivity (Wildman–Crippen MR) is 67.6 cm³/mol. The first-order valence-electron chi connectivity index (χ1n) is 5.78. The van der Waals surface area contributed by atoms with Crippen LogP contribution in [0.3, 0.4) is 0 Å². The van der Waals surface area contributed by atoms with Crippen molar-refractivity contribution < 1.29 is 4.52 Å². The Bertz CT molecular complexity index is 488. The van der Waals surface area contributed by atoms with E-state index in [1.807, 2.05) is 25.1 Å². The van der Waals surface area contributed by atoms with E-state index in [1.54, 1.807) is 12.3 Å². The molecule has 2 aromatic rings. The summed E-state index contributed by atoms with van der Waals surface area (Å²) in [5, 5.41) is 3.92. The van der Waals surface area contributed by atoms with Gasteiger partial charge in [-0.1, -0.05) is 17.8 Å². The van der Waals surface area contributed by atoms with Crippen LogP contribution >= 0.6 is 0 Å². The Morgan fingerprint density at radius 3 is 2.82 bits per heavy atom. The third-order valence-electron chi connectivity index (χ3n) is 2.80. The van der Waals surface area contributed by atoms with Crippen LogP contribution in [-0.4, -0.2) is 10.1 Å². The van der Waals surface area contributed by atoms with Crippen molar-refractivity contribution in [2.75, 3.05) is 0 Å². The molecule has 88 valence electrons. The molecule has 0 radical (unpaired) electrons. The molecule has 0 aromatic carbocycles. The number of hydrogen-bond donors (Lipinski definition) is 0. The van der Waals surface area contributed by atoms with Crippen molar-refractivity contribution in [3.05, 3.63) is 53.7 Å². The van der Waals surface area contributed by atoms with Gasteiger partial charge in [-0.15, -0.1) is 0 Å². The van der Waals surface area contributed by atoms with Gasteiger partial charge >= 0.3 is 0 Å². The number of pyridine rings is 1. The van der Waals surface area contributed by atoms with Gasteiger partial charge in [0.2, 0.25) is 0 Å². The van der Waals surface area contributed by atoms with Crippen LogP contribution in [0.15, 0.2) is 35.5 Å². The number of aromatic nitrogens is 2. The average Bonchev–Trinajstić information content (AvgIpc) is 2.97. The van der Waals surface area contributed by atoms with E-state index < -0.39 is 0 Å². The van der Waals surface area contributed by atoms with Gasteiger partial charge in [0, 0.05) is 11.8 Å². The van der Waals surface area contributed by atoms with Gasteiger partial charge in [0.15, 0.2) is 0 Å². The first-order chi connectivity index (χ1) is 8.31. The van der Waals surface area contributed by atoms with E-state index >= 15 is 0 Å². The molecule has 0 unspecified atom stereocenters. The van der Waals surface area contributed by atoms with E-state index in [1.165, 1.54) is 24.1 Å². The first kappa shape index (κ1) is 11.6. The van der Waals surface area contributed by atoms with Crippen LogP contribution in [0.4, 0.5) is 0 Å². The fourth-order valence-corrected chi connectivity index (χ4v) is 1.88. The zero-order valence-corrected chi connectivity index (χ0v) is 10.0. The summed E-state index contributed by atoms with van der Waals surface area (Å²) in [7, 11) is 0. The molecule has 3 rings (SSSR count). The Kier molecular flexibility index (Phi) is 3.70. The van der Waals surface area contributed by atoms with Crippen molar-refractivity contribution in [2.45, 2.75) is 26.2 Å². The summed E-state index contributed by atoms with van der Waals surface area (Å²) >= 11 is 0. The molecule has 0 saturated carbocycles. The van der Waals surface area contributed by atoms with Gasteiger partial charge in [-0.05, 0) is 44.4 Å². The topological polar surface area (TPSA) is 38.9 Å². The number of rotatable bonds is 1. The van der Waals surface area contributed by atoms with E-state index in [0.29, 0.717) is 0 Å². The molecule has 1 aliphatic rings. The summed E-state index contributed by atoms with van der Waals surface area (Å²) in [4.78, 5) is 3.98. The molecule has 17 heavy (non-hydrogen) atoms. The standard InChI is InChI=1S/C7H9NO.C7H7N/c1-5-6-3-2-4-7(6)8-9-5;1-2-7-5-3-4-6-8-7/h2-4H2,1H3;2-6H,1H2. The maximum absolute atomic E-state index is 4.99. The van der Waals surface area contributed by atoms with Crippen LogP contribution in [0.25, 0.3) is 6.08 Å². The molecule has 0 atom stereocenters. The Balaban J connectivity index is 0.000000128. The van der Waals surface area contributed by atoms with Crippen molar-refractivity contribution in [1.82, 2.24) is 10.1 Å². The molecular weight excluding hydrogens is 212 g/mol. The third-order valence-corrected chi connectivity index (χ3v) is 2.80. The molecule has 0 aliphatic heterocycles. The van der Waals surface area contributed by atoms with Gasteiger partial charge in [-0.3, -0.25) is 4.98 Å². The van der Waals surface area contributed by atoms with Gasteiger partial charge in [0.05, 0.1) is 11.4 Å². The minimum atomic E-state index is 0.924. The highest BCUT2D eigenvalue weighted by Gasteiger charge is 2.17. The highest BCUT2D eigenvalue weighted by atomic mass is 16.5. The lowest BCUT2D eigenvalue weighted by molar-refractivity contribution is 0.386. The molecule has 1 aliphatic carbocycles. The number of aryl methyl sites for hydroxylation is 2. The smallest absolute Gasteiger partial charge is 0.137 e. The van der Waals surface area contributed by atoms with Gasteiger partial charge in [0.1, 0.15) is 5.76 Å². The van der Waals surface area contributed by atoms with Gasteiger partial charge in [-0.25, -0.2) is 0 Å². The van der Waals surface area contributed by atoms with Crippen LogP contribution in [-0.2, 0) is 12.8 Å². The summed E-state index contributed by atoms with van der Waals surface area (Å²) in [6.45, 7) is 5.55. The zero-order valence-electron chi connectivity index (χ0n) is 10.0. The molecule has 3 nitrogen and oxygen atoms in total. The third kappa shape index (κ3) is 2.81. The number of nitrogens with zero attached hydrogens (tertiary/aromatic N) is 2. The van der Waals surface area contributed by atoms with Crippen molar-refractivity contribution in [3.63, 3.8) is 0 Å². The molecule has 0 amide bonds. The molecule has 0 spiro atoms. The molecule has 0 saturated heterocycles. The predicted octanol–water partition coefficient (Wildman–Crippen LogP) is 3.20. The largest absolute Gasteiger partial charge is 0.361 e. The van der Waals surface area contributed by atoms with Gasteiger partial charge < -0.3 is 4.52 Å². The summed E-state index contributed by atoms with van der Waals surface area (Å²) in [5.74, 6) is 1.02. The van der Waals surface area contributed by atoms with E-state index in [-0.39, 0.29) is 0 Å². The fourth-order valence-electron chi connectivity index (χ4n) is 1.88. The minimum Gasteiger partial charge on any atom is -0.361 e. The molecule has 2 aromatic heterocycles. The number of hydrogen-bond acceptors (Lipinski definition) is 3. The van der Waals surface area contributed by atoms with E-state index in [4.69, 9.17) is 4.52 Å². The number of fused-ring (bicyclic) bond motifs is 1. The highest BCUT2D eigenvalue weighted by molar-refractivity contribution is 5.40. The van der Waals surface area contributed by atoms with Crippen LogP contribution in [0.1, 0.15) is 29.1 Å². The van der Waals surface area contributed by atoms with Gasteiger partial charge in [0.25, 0.3) is 0 Å². The lowest BCUT2D eigenvalue weighted by atomic mass is 10.2. The van der Waals surface area contributed by atoms with Crippen molar-refractivity contribution in [1.29, 1.82) is 0 Å². The van der Waals surface area contributed by atoms with Crippen LogP contribution < -0.4 is 0 Å². The maximum atomic E-state index is 4.99. The molecule has 0 N–H and O–H groups in total. The summed E-state index contributed by atoms with van der Waals surface area (Å²) < 4.78 is 4.99. The maximum Gasteiger partial charge on any atom is 0.137 e. The summed E-state index contributed by atoms with van der Waals surface area (Å²) in [6, 6.07) is 5.73. The molecular formula is C14H16N2O. The molecule has 3 heteroatoms. The van der Waals surface area contributed by atoms with E-state index in [2.05, 4.69) is 16.7 Å². The Morgan fingerprint density at radius 1 is 1.35 bits per heavy atom. The van der Waals surface area contributed by atoms with Crippen molar-refractivity contribution >= 4 is 6.08 Å². The molecule has 0 fully saturated rings. The zero-order chi connectivity index (χ0) is 12.1. The Morgan fingerprint density at radius 2 is 2.24 bits per heavy atom. The lowest BCUT2D eigenvalue weighted by Crippen LogP contribution is -1.75. The second kappa shape index (κ2) is 5.43. The Hall–Kier alpha value is -1.90. The van der Waals surface area contributed by atoms with Crippen LogP contribution in [0, 0.1) is 6.92 Å². The van der Waals surface area contributed by atoms with E-state index in [9.17, 15) is 0 Å². The Labute approximate surface area is 101 Å². The van der Waals surface area contributed by atoms with E-state index in [0.717, 1.165) is 17.9 Å². The quantitative estimate of drug-likeness (QED) is 0.752. The second-order valence-electron chi connectivity index (χ2n) is 3.98. The highest BCUT2D eigenvalue weighted by Crippen LogP contribution is 2.23. The summed E-state index contributed by atoms with van der Waals surface area (Å²) in [5.41, 5.74) is 3.47. The van der Waals surface area contributed by atoms with Crippen molar-refractivity contribution in [3.8, 4) is 0 Å². The second-order valence-corrected chi connectivity index (χ2v) is 3.98. The minimum absolute atomic E-state index is 0.924. The SMILES string of the molecule is C=Cc1ccccn1.Cc1onc2c1CCC2. The van der Waals surface area contributed by atoms with Gasteiger partial charge in [-0.2, -0.15) is 0 Å². The monoisotopic (exact) mass is 228 g/mol. The van der Waals surface area contributed by atoms with Crippen molar-refractivity contribution in [2.24, 2.45) is 0 Å². The average molecular weight is 228 g/mol. The first-order valence-corrected chi connectivity index (χ1v) is 5.78. The summed E-state index contributed by atoms with van der Waals surface area (Å²) in [6.07, 6.45) is 7.02. The van der Waals surface area contributed by atoms with Crippen LogP contribution in [0.2, 0.25) is 0 Å². The fraction of sp³-hybridized carbons (Fsp3) is 0.286. The normalized spacial score (nSPS) is 12.5. The van der Waals surface area contributed by atoms with Crippen LogP contribution in [0.5, 0.6) is 0 Å². The lowest BCUT2D eigenvalue weighted by Gasteiger charge is -1.84.